The number of aromatic nitrogens is 1. The van der Waals surface area contributed by atoms with Gasteiger partial charge in [-0.15, -0.1) is 0 Å². The van der Waals surface area contributed by atoms with Crippen molar-refractivity contribution in [1.82, 2.24) is 4.98 Å². The lowest BCUT2D eigenvalue weighted by atomic mass is 10.0. The molecule has 0 aliphatic rings. The third-order valence-corrected chi connectivity index (χ3v) is 3.61. The number of benzene rings is 1. The molecule has 0 saturated carbocycles. The molecule has 0 amide bonds. The molecular formula is C13H15NOS. The van der Waals surface area contributed by atoms with Crippen LogP contribution >= 0.6 is 11.3 Å². The first-order chi connectivity index (χ1) is 7.58. The molecule has 2 aromatic rings. The molecule has 0 fully saturated rings. The lowest BCUT2D eigenvalue weighted by Gasteiger charge is -2.05. The molecule has 1 aromatic carbocycles. The highest BCUT2D eigenvalue weighted by atomic mass is 32.1. The van der Waals surface area contributed by atoms with Crippen LogP contribution in [-0.2, 0) is 0 Å². The largest absolute Gasteiger partial charge is 0.498 e. The molecule has 0 bridgehead atoms. The van der Waals surface area contributed by atoms with Crippen molar-refractivity contribution >= 4 is 11.3 Å². The smallest absolute Gasteiger partial charge is 0.195 e. The van der Waals surface area contributed by atoms with Crippen LogP contribution in [0.15, 0.2) is 24.3 Å². The summed E-state index contributed by atoms with van der Waals surface area (Å²) in [5.74, 6) is 0.542. The van der Waals surface area contributed by atoms with Crippen molar-refractivity contribution < 1.29 is 5.11 Å². The van der Waals surface area contributed by atoms with E-state index in [-0.39, 0.29) is 0 Å². The van der Waals surface area contributed by atoms with Gasteiger partial charge in [0.2, 0.25) is 0 Å². The number of thiazole rings is 1. The topological polar surface area (TPSA) is 33.1 Å². The van der Waals surface area contributed by atoms with E-state index in [1.54, 1.807) is 0 Å². The van der Waals surface area contributed by atoms with Crippen molar-refractivity contribution in [3.63, 3.8) is 0 Å². The SMILES string of the molecule is Cc1nc(-c2ccc(C(C)C)cc2)sc1O. The molecule has 16 heavy (non-hydrogen) atoms. The Morgan fingerprint density at radius 1 is 1.19 bits per heavy atom. The Labute approximate surface area is 99.6 Å². The zero-order valence-electron chi connectivity index (χ0n) is 9.69. The van der Waals surface area contributed by atoms with E-state index < -0.39 is 0 Å². The second kappa shape index (κ2) is 4.26. The van der Waals surface area contributed by atoms with E-state index in [4.69, 9.17) is 0 Å². The van der Waals surface area contributed by atoms with Crippen molar-refractivity contribution in [2.45, 2.75) is 26.7 Å². The first-order valence-corrected chi connectivity index (χ1v) is 6.16. The van der Waals surface area contributed by atoms with Crippen LogP contribution in [0.3, 0.4) is 0 Å². The monoisotopic (exact) mass is 233 g/mol. The quantitative estimate of drug-likeness (QED) is 0.852. The van der Waals surface area contributed by atoms with Gasteiger partial charge in [0.1, 0.15) is 5.01 Å². The number of rotatable bonds is 2. The number of hydrogen-bond donors (Lipinski definition) is 1. The maximum Gasteiger partial charge on any atom is 0.195 e. The highest BCUT2D eigenvalue weighted by Gasteiger charge is 2.08. The van der Waals surface area contributed by atoms with Gasteiger partial charge in [-0.1, -0.05) is 49.4 Å². The Hall–Kier alpha value is -1.35. The van der Waals surface area contributed by atoms with Crippen LogP contribution < -0.4 is 0 Å². The maximum absolute atomic E-state index is 9.50. The number of aromatic hydroxyl groups is 1. The molecule has 0 unspecified atom stereocenters. The molecule has 84 valence electrons. The number of aryl methyl sites for hydroxylation is 1. The average molecular weight is 233 g/mol. The van der Waals surface area contributed by atoms with Crippen LogP contribution in [0.1, 0.15) is 31.0 Å². The Kier molecular flexibility index (Phi) is 2.97. The minimum Gasteiger partial charge on any atom is -0.498 e. The molecular weight excluding hydrogens is 218 g/mol. The van der Waals surface area contributed by atoms with Crippen molar-refractivity contribution in [3.05, 3.63) is 35.5 Å². The molecule has 2 nitrogen and oxygen atoms in total. The van der Waals surface area contributed by atoms with Gasteiger partial charge in [0.05, 0.1) is 5.69 Å². The van der Waals surface area contributed by atoms with Crippen molar-refractivity contribution in [1.29, 1.82) is 0 Å². The third kappa shape index (κ3) is 2.09. The fraction of sp³-hybridized carbons (Fsp3) is 0.308. The predicted octanol–water partition coefficient (Wildman–Crippen LogP) is 3.95. The van der Waals surface area contributed by atoms with E-state index in [1.807, 2.05) is 6.92 Å². The van der Waals surface area contributed by atoms with E-state index in [2.05, 4.69) is 43.1 Å². The fourth-order valence-electron chi connectivity index (χ4n) is 1.52. The highest BCUT2D eigenvalue weighted by molar-refractivity contribution is 7.16. The molecule has 0 saturated heterocycles. The van der Waals surface area contributed by atoms with Crippen LogP contribution in [0.2, 0.25) is 0 Å². The summed E-state index contributed by atoms with van der Waals surface area (Å²) in [7, 11) is 0. The van der Waals surface area contributed by atoms with Gasteiger partial charge in [0, 0.05) is 5.56 Å². The second-order valence-corrected chi connectivity index (χ2v) is 5.16. The molecule has 3 heteroatoms. The summed E-state index contributed by atoms with van der Waals surface area (Å²) in [5.41, 5.74) is 3.09. The maximum atomic E-state index is 9.50. The Morgan fingerprint density at radius 2 is 1.81 bits per heavy atom. The summed E-state index contributed by atoms with van der Waals surface area (Å²) < 4.78 is 0. The molecule has 1 aromatic heterocycles. The summed E-state index contributed by atoms with van der Waals surface area (Å²) in [6.07, 6.45) is 0. The third-order valence-electron chi connectivity index (χ3n) is 2.60. The predicted molar refractivity (Wildman–Crippen MR) is 68.0 cm³/mol. The van der Waals surface area contributed by atoms with Gasteiger partial charge in [-0.2, -0.15) is 0 Å². The van der Waals surface area contributed by atoms with Crippen LogP contribution in [0.4, 0.5) is 0 Å². The van der Waals surface area contributed by atoms with Gasteiger partial charge >= 0.3 is 0 Å². The van der Waals surface area contributed by atoms with Gasteiger partial charge in [-0.3, -0.25) is 0 Å². The summed E-state index contributed by atoms with van der Waals surface area (Å²) >= 11 is 1.33. The van der Waals surface area contributed by atoms with Gasteiger partial charge in [-0.25, -0.2) is 4.98 Å². The Bertz CT molecular complexity index is 466. The van der Waals surface area contributed by atoms with Crippen LogP contribution in [-0.4, -0.2) is 10.1 Å². The molecule has 0 atom stereocenters. The molecule has 0 radical (unpaired) electrons. The molecule has 2 rings (SSSR count). The van der Waals surface area contributed by atoms with Crippen LogP contribution in [0.25, 0.3) is 10.6 Å². The normalized spacial score (nSPS) is 11.0. The van der Waals surface area contributed by atoms with Crippen LogP contribution in [0, 0.1) is 6.92 Å². The Balaban J connectivity index is 2.34. The van der Waals surface area contributed by atoms with Crippen molar-refractivity contribution in [2.75, 3.05) is 0 Å². The first kappa shape index (κ1) is 11.1. The van der Waals surface area contributed by atoms with Crippen molar-refractivity contribution in [3.8, 4) is 15.6 Å². The average Bonchev–Trinajstić information content (AvgIpc) is 2.59. The zero-order chi connectivity index (χ0) is 11.7. The van der Waals surface area contributed by atoms with Gasteiger partial charge < -0.3 is 5.11 Å². The lowest BCUT2D eigenvalue weighted by molar-refractivity contribution is 0.485. The van der Waals surface area contributed by atoms with Gasteiger partial charge in [-0.05, 0) is 18.4 Å². The molecule has 0 spiro atoms. The fourth-order valence-corrected chi connectivity index (χ4v) is 2.34. The summed E-state index contributed by atoms with van der Waals surface area (Å²) in [6, 6.07) is 8.36. The van der Waals surface area contributed by atoms with Gasteiger partial charge in [0.15, 0.2) is 5.06 Å². The molecule has 0 aliphatic heterocycles. The van der Waals surface area contributed by atoms with Gasteiger partial charge in [0.25, 0.3) is 0 Å². The number of nitrogens with zero attached hydrogens (tertiary/aromatic N) is 1. The number of hydrogen-bond acceptors (Lipinski definition) is 3. The van der Waals surface area contributed by atoms with E-state index in [1.165, 1.54) is 16.9 Å². The standard InChI is InChI=1S/C13H15NOS/c1-8(2)10-4-6-11(7-5-10)12-14-9(3)13(15)16-12/h4-8,15H,1-3H3. The van der Waals surface area contributed by atoms with Crippen molar-refractivity contribution in [2.24, 2.45) is 0 Å². The lowest BCUT2D eigenvalue weighted by Crippen LogP contribution is -1.86. The molecule has 1 N–H and O–H groups in total. The van der Waals surface area contributed by atoms with E-state index in [0.29, 0.717) is 16.7 Å². The summed E-state index contributed by atoms with van der Waals surface area (Å²) in [4.78, 5) is 4.32. The minimum absolute atomic E-state index is 0.308. The first-order valence-electron chi connectivity index (χ1n) is 5.34. The summed E-state index contributed by atoms with van der Waals surface area (Å²) in [5, 5.41) is 10.7. The van der Waals surface area contributed by atoms with E-state index >= 15 is 0 Å². The van der Waals surface area contributed by atoms with E-state index in [9.17, 15) is 5.11 Å². The van der Waals surface area contributed by atoms with E-state index in [0.717, 1.165) is 10.6 Å². The van der Waals surface area contributed by atoms with Crippen LogP contribution in [0.5, 0.6) is 5.06 Å². The Morgan fingerprint density at radius 3 is 2.25 bits per heavy atom. The minimum atomic E-state index is 0.308. The summed E-state index contributed by atoms with van der Waals surface area (Å²) in [6.45, 7) is 6.17. The molecule has 1 heterocycles. The zero-order valence-corrected chi connectivity index (χ0v) is 10.5. The highest BCUT2D eigenvalue weighted by Crippen LogP contribution is 2.32. The second-order valence-electron chi connectivity index (χ2n) is 4.19. The molecule has 0 aliphatic carbocycles.